The number of carbonyl (C=O) groups is 3. The lowest BCUT2D eigenvalue weighted by molar-refractivity contribution is -0.122. The molecule has 0 radical (unpaired) electrons. The van der Waals surface area contributed by atoms with Gasteiger partial charge in [0.25, 0.3) is 17.7 Å². The minimum Gasteiger partial charge on any atom is -0.343 e. The molecular weight excluding hydrogens is 550 g/mol. The number of benzene rings is 4. The molecule has 8 nitrogen and oxygen atoms in total. The van der Waals surface area contributed by atoms with E-state index in [1.54, 1.807) is 28.6 Å². The topological polar surface area (TPSA) is 88.4 Å². The molecule has 3 heterocycles. The number of rotatable bonds is 5. The van der Waals surface area contributed by atoms with Gasteiger partial charge in [0.05, 0.1) is 11.7 Å². The molecule has 4 aromatic carbocycles. The largest absolute Gasteiger partial charge is 0.343 e. The summed E-state index contributed by atoms with van der Waals surface area (Å²) in [6.07, 6.45) is 0. The maximum absolute atomic E-state index is 13.9. The summed E-state index contributed by atoms with van der Waals surface area (Å²) < 4.78 is 3.93. The van der Waals surface area contributed by atoms with E-state index in [2.05, 4.69) is 58.7 Å². The maximum Gasteiger partial charge on any atom is 0.286 e. The molecule has 0 aliphatic carbocycles. The van der Waals surface area contributed by atoms with Crippen molar-refractivity contribution < 1.29 is 14.4 Å². The number of aromatic nitrogens is 2. The molecule has 0 fully saturated rings. The van der Waals surface area contributed by atoms with Gasteiger partial charge in [-0.25, -0.2) is 0 Å². The molecule has 218 valence electrons. The van der Waals surface area contributed by atoms with Gasteiger partial charge in [-0.2, -0.15) is 0 Å². The summed E-state index contributed by atoms with van der Waals surface area (Å²) in [5.74, 6) is -1.18. The number of amides is 3. The zero-order valence-electron chi connectivity index (χ0n) is 24.7. The molecule has 1 unspecified atom stereocenters. The molecule has 0 saturated heterocycles. The molecule has 0 bridgehead atoms. The third-order valence-corrected chi connectivity index (χ3v) is 8.62. The Labute approximate surface area is 254 Å². The van der Waals surface area contributed by atoms with Gasteiger partial charge in [0.1, 0.15) is 12.2 Å². The lowest BCUT2D eigenvalue weighted by Gasteiger charge is -2.26. The molecule has 1 aliphatic rings. The van der Waals surface area contributed by atoms with Crippen molar-refractivity contribution in [2.24, 2.45) is 14.1 Å². The van der Waals surface area contributed by atoms with Crippen LogP contribution in [0.1, 0.15) is 43.6 Å². The van der Waals surface area contributed by atoms with E-state index in [9.17, 15) is 14.4 Å². The fraction of sp³-hybridized carbons (Fsp3) is 0.139. The van der Waals surface area contributed by atoms with Crippen LogP contribution in [0.2, 0.25) is 0 Å². The van der Waals surface area contributed by atoms with Crippen molar-refractivity contribution in [1.82, 2.24) is 24.9 Å². The van der Waals surface area contributed by atoms with Crippen LogP contribution in [0.5, 0.6) is 0 Å². The van der Waals surface area contributed by atoms with Crippen LogP contribution in [0.3, 0.4) is 0 Å². The average molecular weight is 582 g/mol. The van der Waals surface area contributed by atoms with E-state index in [-0.39, 0.29) is 12.5 Å². The van der Waals surface area contributed by atoms with Crippen molar-refractivity contribution >= 4 is 39.5 Å². The van der Waals surface area contributed by atoms with Crippen molar-refractivity contribution in [2.75, 3.05) is 6.54 Å². The Balaban J connectivity index is 1.24. The summed E-state index contributed by atoms with van der Waals surface area (Å²) in [6.45, 7) is 1.81. The Morgan fingerprint density at radius 3 is 2.23 bits per heavy atom. The van der Waals surface area contributed by atoms with Gasteiger partial charge in [-0.3, -0.25) is 25.2 Å². The number of fused-ring (bicyclic) bond motifs is 3. The molecule has 0 saturated carbocycles. The predicted molar refractivity (Wildman–Crippen MR) is 171 cm³/mol. The normalized spacial score (nSPS) is 14.3. The molecule has 44 heavy (non-hydrogen) atoms. The van der Waals surface area contributed by atoms with Crippen molar-refractivity contribution in [3.63, 3.8) is 0 Å². The Kier molecular flexibility index (Phi) is 6.54. The Hall–Kier alpha value is -5.63. The van der Waals surface area contributed by atoms with Crippen molar-refractivity contribution in [2.45, 2.75) is 13.0 Å². The first-order valence-electron chi connectivity index (χ1n) is 14.5. The van der Waals surface area contributed by atoms with Crippen LogP contribution in [0.25, 0.3) is 33.1 Å². The summed E-state index contributed by atoms with van der Waals surface area (Å²) in [4.78, 5) is 41.9. The van der Waals surface area contributed by atoms with E-state index in [0.717, 1.165) is 49.8 Å². The number of nitrogens with one attached hydrogen (secondary N) is 2. The smallest absolute Gasteiger partial charge is 0.286 e. The van der Waals surface area contributed by atoms with Crippen LogP contribution in [0.4, 0.5) is 0 Å². The summed E-state index contributed by atoms with van der Waals surface area (Å²) in [5.41, 5.74) is 12.9. The zero-order valence-corrected chi connectivity index (χ0v) is 24.7. The summed E-state index contributed by atoms with van der Waals surface area (Å²) in [7, 11) is 3.84. The van der Waals surface area contributed by atoms with Crippen LogP contribution >= 0.6 is 0 Å². The van der Waals surface area contributed by atoms with E-state index in [1.165, 1.54) is 0 Å². The van der Waals surface area contributed by atoms with Crippen LogP contribution in [0, 0.1) is 6.92 Å². The summed E-state index contributed by atoms with van der Waals surface area (Å²) in [5, 5.41) is 1.93. The number of aryl methyl sites for hydroxylation is 3. The Bertz CT molecular complexity index is 2100. The van der Waals surface area contributed by atoms with Crippen LogP contribution in [-0.2, 0) is 18.9 Å². The van der Waals surface area contributed by atoms with Crippen LogP contribution < -0.4 is 10.9 Å². The first-order valence-corrected chi connectivity index (χ1v) is 14.5. The van der Waals surface area contributed by atoms with E-state index in [1.807, 2.05) is 61.6 Å². The molecule has 3 amide bonds. The minimum absolute atomic E-state index is 0.233. The summed E-state index contributed by atoms with van der Waals surface area (Å²) in [6, 6.07) is 32.9. The number of hydrogen-bond donors (Lipinski definition) is 2. The SMILES string of the molecule is Cc1ccc(-c2c(C3c4ccccc4C(=O)N3CC(=O)NNC(=O)c3cc4ccccc4n3C)c3ccccc3n2C)cc1. The van der Waals surface area contributed by atoms with Crippen LogP contribution in [0.15, 0.2) is 103 Å². The molecule has 7 rings (SSSR count). The van der Waals surface area contributed by atoms with Gasteiger partial charge in [0.15, 0.2) is 0 Å². The van der Waals surface area contributed by atoms with Gasteiger partial charge in [-0.1, -0.05) is 84.4 Å². The monoisotopic (exact) mass is 581 g/mol. The highest BCUT2D eigenvalue weighted by Gasteiger charge is 2.41. The van der Waals surface area contributed by atoms with Gasteiger partial charge >= 0.3 is 0 Å². The van der Waals surface area contributed by atoms with Gasteiger partial charge < -0.3 is 14.0 Å². The first-order chi connectivity index (χ1) is 21.3. The van der Waals surface area contributed by atoms with E-state index >= 15 is 0 Å². The average Bonchev–Trinajstić information content (AvgIpc) is 3.63. The van der Waals surface area contributed by atoms with Crippen molar-refractivity contribution in [3.05, 3.63) is 131 Å². The maximum atomic E-state index is 13.9. The number of para-hydroxylation sites is 2. The van der Waals surface area contributed by atoms with Gasteiger partial charge in [0.2, 0.25) is 0 Å². The lowest BCUT2D eigenvalue weighted by atomic mass is 9.93. The number of nitrogens with zero attached hydrogens (tertiary/aromatic N) is 3. The summed E-state index contributed by atoms with van der Waals surface area (Å²) >= 11 is 0. The fourth-order valence-electron chi connectivity index (χ4n) is 6.50. The predicted octanol–water partition coefficient (Wildman–Crippen LogP) is 5.65. The molecule has 2 aromatic heterocycles. The lowest BCUT2D eigenvalue weighted by Crippen LogP contribution is -2.47. The quantitative estimate of drug-likeness (QED) is 0.258. The highest BCUT2D eigenvalue weighted by atomic mass is 16.2. The second-order valence-electron chi connectivity index (χ2n) is 11.3. The van der Waals surface area contributed by atoms with E-state index < -0.39 is 17.9 Å². The molecule has 6 aromatic rings. The van der Waals surface area contributed by atoms with Crippen molar-refractivity contribution in [1.29, 1.82) is 0 Å². The van der Waals surface area contributed by atoms with Crippen molar-refractivity contribution in [3.8, 4) is 11.3 Å². The third kappa shape index (κ3) is 4.34. The molecule has 8 heteroatoms. The number of hydrogen-bond acceptors (Lipinski definition) is 3. The molecule has 1 aliphatic heterocycles. The number of carbonyl (C=O) groups excluding carboxylic acids is 3. The minimum atomic E-state index is -0.513. The second kappa shape index (κ2) is 10.6. The fourth-order valence-corrected chi connectivity index (χ4v) is 6.50. The van der Waals surface area contributed by atoms with E-state index in [0.29, 0.717) is 11.3 Å². The Morgan fingerprint density at radius 2 is 1.45 bits per heavy atom. The Morgan fingerprint density at radius 1 is 0.773 bits per heavy atom. The third-order valence-electron chi connectivity index (χ3n) is 8.62. The second-order valence-corrected chi connectivity index (χ2v) is 11.3. The van der Waals surface area contributed by atoms with Gasteiger partial charge in [-0.15, -0.1) is 0 Å². The molecule has 2 N–H and O–H groups in total. The number of hydrazine groups is 1. The van der Waals surface area contributed by atoms with E-state index in [4.69, 9.17) is 0 Å². The highest BCUT2D eigenvalue weighted by Crippen LogP contribution is 2.46. The molecular formula is C36H31N5O3. The van der Waals surface area contributed by atoms with Crippen LogP contribution in [-0.4, -0.2) is 38.3 Å². The standard InChI is InChI=1S/C36H31N5O3/c1-22-16-18-23(19-17-22)33-32(27-13-7-9-15-29(27)40(33)3)34-25-11-5-6-12-26(25)36(44)41(34)21-31(42)37-38-35(43)30-20-24-10-4-8-14-28(24)39(30)2/h4-20,34H,21H2,1-3H3,(H,37,42)(H,38,43). The first kappa shape index (κ1) is 27.2. The van der Waals surface area contributed by atoms with Gasteiger partial charge in [0, 0.05) is 47.0 Å². The zero-order chi connectivity index (χ0) is 30.5. The van der Waals surface area contributed by atoms with Gasteiger partial charge in [-0.05, 0) is 42.3 Å². The highest BCUT2D eigenvalue weighted by molar-refractivity contribution is 6.04. The molecule has 1 atom stereocenters. The molecule has 0 spiro atoms.